The molecule has 0 heterocycles. The van der Waals surface area contributed by atoms with Crippen molar-refractivity contribution < 1.29 is 42.1 Å². The zero-order valence-electron chi connectivity index (χ0n) is 51.0. The first kappa shape index (κ1) is 74.0. The summed E-state index contributed by atoms with van der Waals surface area (Å²) in [6.45, 7) is 4.31. The van der Waals surface area contributed by atoms with E-state index in [9.17, 15) is 19.0 Å². The largest absolute Gasteiger partial charge is 0.756 e. The number of esters is 2. The Hall–Kier alpha value is -0.990. The van der Waals surface area contributed by atoms with Crippen LogP contribution in [0, 0.1) is 0 Å². The molecule has 0 fully saturated rings. The van der Waals surface area contributed by atoms with Crippen molar-refractivity contribution in [3.05, 3.63) is 0 Å². The molecule has 2 unspecified atom stereocenters. The molecule has 0 aliphatic carbocycles. The van der Waals surface area contributed by atoms with Gasteiger partial charge in [0, 0.05) is 12.8 Å². The van der Waals surface area contributed by atoms with Crippen LogP contribution in [0.25, 0.3) is 0 Å². The lowest BCUT2D eigenvalue weighted by Gasteiger charge is -2.28. The van der Waals surface area contributed by atoms with E-state index in [-0.39, 0.29) is 32.0 Å². The number of phosphoric acid groups is 1. The van der Waals surface area contributed by atoms with Gasteiger partial charge in [-0.05, 0) is 12.8 Å². The van der Waals surface area contributed by atoms with Crippen molar-refractivity contribution in [2.45, 2.75) is 360 Å². The number of hydrogen-bond donors (Lipinski definition) is 0. The van der Waals surface area contributed by atoms with Crippen molar-refractivity contribution in [3.63, 3.8) is 0 Å². The minimum absolute atomic E-state index is 0.0252. The first-order valence-electron chi connectivity index (χ1n) is 33.2. The Morgan fingerprint density at radius 2 is 0.600 bits per heavy atom. The van der Waals surface area contributed by atoms with Crippen molar-refractivity contribution in [2.24, 2.45) is 0 Å². The predicted molar refractivity (Wildman–Crippen MR) is 319 cm³/mol. The molecule has 0 radical (unpaired) electrons. The number of carbonyl (C=O) groups is 2. The third kappa shape index (κ3) is 62.1. The van der Waals surface area contributed by atoms with E-state index in [1.54, 1.807) is 0 Å². The average Bonchev–Trinajstić information content (AvgIpc) is 3.37. The van der Waals surface area contributed by atoms with Gasteiger partial charge in [0.25, 0.3) is 7.82 Å². The number of carbonyl (C=O) groups excluding carboxylic acids is 2. The third-order valence-corrected chi connectivity index (χ3v) is 16.3. The highest BCUT2D eigenvalue weighted by atomic mass is 31.2. The lowest BCUT2D eigenvalue weighted by molar-refractivity contribution is -0.870. The normalized spacial score (nSPS) is 13.1. The monoisotopic (exact) mass is 1080 g/mol. The molecule has 75 heavy (non-hydrogen) atoms. The standard InChI is InChI=1S/C65H130NO8P/c1-6-8-10-12-14-16-18-20-21-22-23-24-25-26-27-28-29-30-31-32-33-34-35-36-37-38-39-40-41-42-43-44-46-48-50-52-54-56-58-65(68)74-63(62-73-75(69,70)72-60-59-66(3,4)5)61-71-64(67)57-55-53-51-49-47-45-19-17-15-13-11-9-7-2/h63H,6-62H2,1-5H3. The van der Waals surface area contributed by atoms with Gasteiger partial charge >= 0.3 is 11.9 Å². The maximum absolute atomic E-state index is 12.8. The van der Waals surface area contributed by atoms with Gasteiger partial charge < -0.3 is 27.9 Å². The molecule has 0 aromatic rings. The molecule has 0 aliphatic rings. The fraction of sp³-hybridized carbons (Fsp3) is 0.969. The summed E-state index contributed by atoms with van der Waals surface area (Å²) in [6, 6.07) is 0. The van der Waals surface area contributed by atoms with E-state index in [1.165, 1.54) is 289 Å². The Morgan fingerprint density at radius 1 is 0.360 bits per heavy atom. The first-order valence-corrected chi connectivity index (χ1v) is 34.7. The molecular formula is C65H130NO8P. The summed E-state index contributed by atoms with van der Waals surface area (Å²) in [7, 11) is 1.19. The van der Waals surface area contributed by atoms with E-state index >= 15 is 0 Å². The summed E-state index contributed by atoms with van der Waals surface area (Å²) < 4.78 is 34.2. The molecule has 0 rings (SSSR count). The van der Waals surface area contributed by atoms with Crippen LogP contribution in [-0.2, 0) is 32.7 Å². The molecule has 9 nitrogen and oxygen atoms in total. The van der Waals surface area contributed by atoms with Crippen LogP contribution in [0.3, 0.4) is 0 Å². The zero-order valence-corrected chi connectivity index (χ0v) is 51.9. The van der Waals surface area contributed by atoms with Gasteiger partial charge in [-0.15, -0.1) is 0 Å². The van der Waals surface area contributed by atoms with Gasteiger partial charge in [0.15, 0.2) is 6.10 Å². The number of unbranched alkanes of at least 4 members (excludes halogenated alkanes) is 49. The highest BCUT2D eigenvalue weighted by molar-refractivity contribution is 7.45. The van der Waals surface area contributed by atoms with Gasteiger partial charge in [0.2, 0.25) is 0 Å². The first-order chi connectivity index (χ1) is 36.5. The molecule has 0 amide bonds. The molecule has 0 aliphatic heterocycles. The predicted octanol–water partition coefficient (Wildman–Crippen LogP) is 20.4. The molecule has 0 spiro atoms. The number of phosphoric ester groups is 1. The number of hydrogen-bond acceptors (Lipinski definition) is 8. The molecule has 0 aromatic carbocycles. The van der Waals surface area contributed by atoms with Gasteiger partial charge in [0.05, 0.1) is 27.7 Å². The molecule has 448 valence electrons. The lowest BCUT2D eigenvalue weighted by Crippen LogP contribution is -2.37. The van der Waals surface area contributed by atoms with E-state index in [1.807, 2.05) is 21.1 Å². The second-order valence-electron chi connectivity index (χ2n) is 24.2. The van der Waals surface area contributed by atoms with Crippen molar-refractivity contribution in [2.75, 3.05) is 47.5 Å². The topological polar surface area (TPSA) is 111 Å². The highest BCUT2D eigenvalue weighted by Gasteiger charge is 2.22. The number of nitrogens with zero attached hydrogens (tertiary/aromatic N) is 1. The molecule has 0 bridgehead atoms. The zero-order chi connectivity index (χ0) is 54.9. The van der Waals surface area contributed by atoms with Crippen LogP contribution < -0.4 is 4.89 Å². The summed E-state index contributed by atoms with van der Waals surface area (Å²) in [5.41, 5.74) is 0. The van der Waals surface area contributed by atoms with Crippen LogP contribution in [0.2, 0.25) is 0 Å². The van der Waals surface area contributed by atoms with Crippen LogP contribution in [0.5, 0.6) is 0 Å². The molecule has 2 atom stereocenters. The summed E-state index contributed by atoms with van der Waals surface area (Å²) in [4.78, 5) is 37.8. The SMILES string of the molecule is CCCCCCCCCCCCCCCCCCCCCCCCCCCCCCCCCCCCCCCCC(=O)OC(COC(=O)CCCCCCCCCCCCCCC)COP(=O)([O-])OCC[N+](C)(C)C. The second-order valence-corrected chi connectivity index (χ2v) is 25.6. The van der Waals surface area contributed by atoms with Crippen LogP contribution >= 0.6 is 7.82 Å². The average molecular weight is 1080 g/mol. The molecule has 0 saturated heterocycles. The van der Waals surface area contributed by atoms with E-state index in [2.05, 4.69) is 13.8 Å². The van der Waals surface area contributed by atoms with Crippen LogP contribution in [0.15, 0.2) is 0 Å². The van der Waals surface area contributed by atoms with E-state index in [0.717, 1.165) is 32.1 Å². The smallest absolute Gasteiger partial charge is 0.306 e. The highest BCUT2D eigenvalue weighted by Crippen LogP contribution is 2.38. The van der Waals surface area contributed by atoms with Crippen molar-refractivity contribution in [1.82, 2.24) is 0 Å². The maximum atomic E-state index is 12.8. The van der Waals surface area contributed by atoms with Crippen LogP contribution in [0.1, 0.15) is 354 Å². The number of quaternary nitrogens is 1. The van der Waals surface area contributed by atoms with Gasteiger partial charge in [-0.25, -0.2) is 0 Å². The summed E-state index contributed by atoms with van der Waals surface area (Å²) in [6.07, 6.45) is 67.8. The summed E-state index contributed by atoms with van der Waals surface area (Å²) in [5.74, 6) is -0.810. The van der Waals surface area contributed by atoms with Gasteiger partial charge in [-0.3, -0.25) is 14.2 Å². The maximum Gasteiger partial charge on any atom is 0.306 e. The molecular weight excluding hydrogens is 954 g/mol. The fourth-order valence-corrected chi connectivity index (χ4v) is 11.0. The van der Waals surface area contributed by atoms with Crippen molar-refractivity contribution in [3.8, 4) is 0 Å². The fourth-order valence-electron chi connectivity index (χ4n) is 10.3. The second kappa shape index (κ2) is 57.7. The lowest BCUT2D eigenvalue weighted by atomic mass is 10.0. The van der Waals surface area contributed by atoms with Gasteiger partial charge in [-0.2, -0.15) is 0 Å². The molecule has 0 aromatic heterocycles. The summed E-state index contributed by atoms with van der Waals surface area (Å²) >= 11 is 0. The van der Waals surface area contributed by atoms with Gasteiger partial charge in [-0.1, -0.05) is 328 Å². The third-order valence-electron chi connectivity index (χ3n) is 15.4. The Balaban J connectivity index is 3.83. The van der Waals surface area contributed by atoms with E-state index in [4.69, 9.17) is 18.5 Å². The van der Waals surface area contributed by atoms with E-state index < -0.39 is 26.5 Å². The van der Waals surface area contributed by atoms with Crippen LogP contribution in [0.4, 0.5) is 0 Å². The Labute approximate surface area is 467 Å². The van der Waals surface area contributed by atoms with Crippen LogP contribution in [-0.4, -0.2) is 70.0 Å². The Morgan fingerprint density at radius 3 is 0.853 bits per heavy atom. The minimum Gasteiger partial charge on any atom is -0.756 e. The molecule has 0 N–H and O–H groups in total. The Kier molecular flexibility index (Phi) is 56.9. The van der Waals surface area contributed by atoms with Crippen molar-refractivity contribution in [1.29, 1.82) is 0 Å². The number of ether oxygens (including phenoxy) is 2. The Bertz CT molecular complexity index is 1230. The molecule has 10 heteroatoms. The minimum atomic E-state index is -4.63. The quantitative estimate of drug-likeness (QED) is 0.0256. The number of rotatable bonds is 63. The van der Waals surface area contributed by atoms with Gasteiger partial charge in [0.1, 0.15) is 19.8 Å². The number of likely N-dealkylation sites (N-methyl/N-ethyl adjacent to an activating group) is 1. The van der Waals surface area contributed by atoms with Crippen molar-refractivity contribution >= 4 is 19.8 Å². The molecule has 0 saturated carbocycles. The summed E-state index contributed by atoms with van der Waals surface area (Å²) in [5, 5.41) is 0. The van der Waals surface area contributed by atoms with E-state index in [0.29, 0.717) is 17.4 Å².